The van der Waals surface area contributed by atoms with Crippen LogP contribution in [0.2, 0.25) is 5.02 Å². The molecule has 0 radical (unpaired) electrons. The van der Waals surface area contributed by atoms with Gasteiger partial charge in [-0.1, -0.05) is 23.7 Å². The molecule has 2 aromatic rings. The topological polar surface area (TPSA) is 81.7 Å². The lowest BCUT2D eigenvalue weighted by molar-refractivity contribution is -0.175. The highest BCUT2D eigenvalue weighted by Crippen LogP contribution is 2.69. The molecular formula is C24H21ClFNO5. The molecule has 3 fully saturated rings. The minimum atomic E-state index is -0.745. The minimum absolute atomic E-state index is 0.0114. The lowest BCUT2D eigenvalue weighted by atomic mass is 9.38. The first-order chi connectivity index (χ1) is 15.3. The van der Waals surface area contributed by atoms with Gasteiger partial charge >= 0.3 is 0 Å². The maximum absolute atomic E-state index is 13.5. The Hall–Kier alpha value is -2.93. The molecule has 166 valence electrons. The largest absolute Gasteiger partial charge is 0.484 e. The van der Waals surface area contributed by atoms with Crippen LogP contribution in [0.4, 0.5) is 4.39 Å². The molecule has 1 N–H and O–H groups in total. The second-order valence-corrected chi connectivity index (χ2v) is 9.50. The van der Waals surface area contributed by atoms with Gasteiger partial charge in [0.05, 0.1) is 17.0 Å². The highest BCUT2D eigenvalue weighted by Gasteiger charge is 2.68. The Kier molecular flexibility index (Phi) is 4.97. The quantitative estimate of drug-likeness (QED) is 0.682. The van der Waals surface area contributed by atoms with Crippen molar-refractivity contribution < 1.29 is 28.2 Å². The molecule has 1 heterocycles. The van der Waals surface area contributed by atoms with Crippen LogP contribution in [-0.2, 0) is 9.59 Å². The van der Waals surface area contributed by atoms with E-state index in [9.17, 15) is 18.8 Å². The van der Waals surface area contributed by atoms with Gasteiger partial charge in [0, 0.05) is 18.0 Å². The van der Waals surface area contributed by atoms with Crippen LogP contribution in [0.15, 0.2) is 42.5 Å². The summed E-state index contributed by atoms with van der Waals surface area (Å²) in [6.45, 7) is -0.230. The van der Waals surface area contributed by atoms with E-state index < -0.39 is 11.9 Å². The fraction of sp³-hybridized carbons (Fsp3) is 0.375. The first kappa shape index (κ1) is 20.9. The molecule has 1 amide bonds. The molecule has 1 aliphatic heterocycles. The molecule has 2 aromatic carbocycles. The van der Waals surface area contributed by atoms with Gasteiger partial charge in [-0.05, 0) is 48.9 Å². The number of rotatable bonds is 7. The number of hydrogen-bond donors (Lipinski definition) is 1. The molecular weight excluding hydrogens is 437 g/mol. The second kappa shape index (κ2) is 7.59. The third kappa shape index (κ3) is 3.75. The van der Waals surface area contributed by atoms with Gasteiger partial charge in [0.25, 0.3) is 5.91 Å². The van der Waals surface area contributed by atoms with Crippen molar-refractivity contribution in [2.24, 2.45) is 5.41 Å². The molecule has 0 unspecified atom stereocenters. The van der Waals surface area contributed by atoms with E-state index in [2.05, 4.69) is 5.32 Å². The molecule has 8 heteroatoms. The lowest BCUT2D eigenvalue weighted by Gasteiger charge is -2.70. The number of carbonyl (C=O) groups is 3. The number of nitrogens with one attached hydrogen (secondary N) is 1. The maximum atomic E-state index is 13.5. The van der Waals surface area contributed by atoms with Gasteiger partial charge in [0.2, 0.25) is 0 Å². The molecule has 4 aliphatic rings. The highest BCUT2D eigenvalue weighted by molar-refractivity contribution is 6.30. The molecule has 1 atom stereocenters. The molecule has 6 rings (SSSR count). The monoisotopic (exact) mass is 457 g/mol. The van der Waals surface area contributed by atoms with E-state index >= 15 is 0 Å². The Labute approximate surface area is 189 Å². The Morgan fingerprint density at radius 1 is 1.19 bits per heavy atom. The average molecular weight is 458 g/mol. The maximum Gasteiger partial charge on any atom is 0.258 e. The number of ether oxygens (including phenoxy) is 2. The fourth-order valence-corrected chi connectivity index (χ4v) is 5.42. The number of amides is 1. The standard InChI is InChI=1S/C24H21ClFNO5/c25-16-6-5-14(7-17(16)26)31-10-22(30)27-24-11-23(12-24,13-24)9-19(29)21-8-18(28)15-3-1-2-4-20(15)32-21/h1-7,21H,8-13H2,(H,27,30)/t21-,23?,24?/m1/s1. The number of para-hydroxylation sites is 1. The fourth-order valence-electron chi connectivity index (χ4n) is 5.30. The summed E-state index contributed by atoms with van der Waals surface area (Å²) >= 11 is 5.63. The third-order valence-electron chi connectivity index (χ3n) is 6.54. The van der Waals surface area contributed by atoms with E-state index in [-0.39, 0.29) is 52.2 Å². The predicted octanol–water partition coefficient (Wildman–Crippen LogP) is 3.89. The number of ketones is 2. The van der Waals surface area contributed by atoms with Crippen molar-refractivity contribution in [3.05, 3.63) is 58.9 Å². The molecule has 6 nitrogen and oxygen atoms in total. The van der Waals surface area contributed by atoms with Crippen LogP contribution >= 0.6 is 11.6 Å². The van der Waals surface area contributed by atoms with E-state index in [4.69, 9.17) is 21.1 Å². The normalized spacial score (nSPS) is 27.3. The number of Topliss-reactive ketones (excluding diaryl/α,β-unsaturated/α-hetero) is 2. The Balaban J connectivity index is 1.10. The summed E-state index contributed by atoms with van der Waals surface area (Å²) in [4.78, 5) is 37.4. The van der Waals surface area contributed by atoms with Crippen LogP contribution < -0.4 is 14.8 Å². The van der Waals surface area contributed by atoms with Gasteiger partial charge in [0.1, 0.15) is 17.3 Å². The Morgan fingerprint density at radius 2 is 1.94 bits per heavy atom. The summed E-state index contributed by atoms with van der Waals surface area (Å²) in [6.07, 6.45) is 1.80. The van der Waals surface area contributed by atoms with Crippen LogP contribution in [0.25, 0.3) is 0 Å². The SMILES string of the molecule is O=C(COc1ccc(Cl)c(F)c1)NC12CC(CC(=O)[C@H]3CC(=O)c4ccccc4O3)(C1)C2. The van der Waals surface area contributed by atoms with Crippen LogP contribution in [0, 0.1) is 11.2 Å². The third-order valence-corrected chi connectivity index (χ3v) is 6.85. The van der Waals surface area contributed by atoms with Crippen molar-refractivity contribution in [2.45, 2.75) is 43.7 Å². The highest BCUT2D eigenvalue weighted by atomic mass is 35.5. The summed E-state index contributed by atoms with van der Waals surface area (Å²) in [5.74, 6) is -0.359. The summed E-state index contributed by atoms with van der Waals surface area (Å²) in [5, 5.41) is 2.96. The van der Waals surface area contributed by atoms with Gasteiger partial charge in [-0.15, -0.1) is 0 Å². The molecule has 0 saturated heterocycles. The van der Waals surface area contributed by atoms with Crippen LogP contribution in [0.5, 0.6) is 11.5 Å². The van der Waals surface area contributed by atoms with E-state index in [0.717, 1.165) is 6.07 Å². The summed E-state index contributed by atoms with van der Waals surface area (Å²) in [6, 6.07) is 11.0. The van der Waals surface area contributed by atoms with E-state index in [1.54, 1.807) is 24.3 Å². The summed E-state index contributed by atoms with van der Waals surface area (Å²) < 4.78 is 24.6. The van der Waals surface area contributed by atoms with Crippen molar-refractivity contribution >= 4 is 29.1 Å². The van der Waals surface area contributed by atoms with Crippen molar-refractivity contribution in [1.82, 2.24) is 5.32 Å². The summed E-state index contributed by atoms with van der Waals surface area (Å²) in [5.41, 5.74) is 0.0858. The van der Waals surface area contributed by atoms with Gasteiger partial charge in [-0.3, -0.25) is 14.4 Å². The number of carbonyl (C=O) groups excluding carboxylic acids is 3. The van der Waals surface area contributed by atoms with Crippen molar-refractivity contribution in [3.8, 4) is 11.5 Å². The molecule has 3 aliphatic carbocycles. The molecule has 2 bridgehead atoms. The van der Waals surface area contributed by atoms with Crippen molar-refractivity contribution in [3.63, 3.8) is 0 Å². The number of hydrogen-bond acceptors (Lipinski definition) is 5. The zero-order valence-corrected chi connectivity index (χ0v) is 17.9. The van der Waals surface area contributed by atoms with Gasteiger partial charge in [-0.2, -0.15) is 0 Å². The lowest BCUT2D eigenvalue weighted by Crippen LogP contribution is -2.75. The van der Waals surface area contributed by atoms with Crippen LogP contribution in [0.3, 0.4) is 0 Å². The van der Waals surface area contributed by atoms with Gasteiger partial charge in [0.15, 0.2) is 24.3 Å². The predicted molar refractivity (Wildman–Crippen MR) is 113 cm³/mol. The Bertz CT molecular complexity index is 1110. The van der Waals surface area contributed by atoms with Gasteiger partial charge in [-0.25, -0.2) is 4.39 Å². The molecule has 32 heavy (non-hydrogen) atoms. The minimum Gasteiger partial charge on any atom is -0.484 e. The first-order valence-corrected chi connectivity index (χ1v) is 10.8. The Morgan fingerprint density at radius 3 is 2.69 bits per heavy atom. The second-order valence-electron chi connectivity index (χ2n) is 9.10. The first-order valence-electron chi connectivity index (χ1n) is 10.5. The molecule has 3 saturated carbocycles. The van der Waals surface area contributed by atoms with Gasteiger partial charge < -0.3 is 14.8 Å². The van der Waals surface area contributed by atoms with Crippen LogP contribution in [0.1, 0.15) is 42.5 Å². The zero-order chi connectivity index (χ0) is 22.5. The van der Waals surface area contributed by atoms with Crippen molar-refractivity contribution in [2.75, 3.05) is 6.61 Å². The van der Waals surface area contributed by atoms with Crippen LogP contribution in [-0.4, -0.2) is 35.7 Å². The molecule has 0 aromatic heterocycles. The average Bonchev–Trinajstić information content (AvgIpc) is 2.72. The smallest absolute Gasteiger partial charge is 0.258 e. The summed E-state index contributed by atoms with van der Waals surface area (Å²) in [7, 11) is 0. The van der Waals surface area contributed by atoms with Crippen molar-refractivity contribution in [1.29, 1.82) is 0 Å². The van der Waals surface area contributed by atoms with E-state index in [1.807, 2.05) is 0 Å². The molecule has 0 spiro atoms. The zero-order valence-electron chi connectivity index (χ0n) is 17.2. The number of halogens is 2. The number of benzene rings is 2. The van der Waals surface area contributed by atoms with E-state index in [0.29, 0.717) is 37.0 Å². The van der Waals surface area contributed by atoms with E-state index in [1.165, 1.54) is 12.1 Å². The number of fused-ring (bicyclic) bond motifs is 1.